The molecule has 0 radical (unpaired) electrons. The van der Waals surface area contributed by atoms with E-state index in [0.29, 0.717) is 17.4 Å². The fourth-order valence-corrected chi connectivity index (χ4v) is 1.38. The molecule has 0 bridgehead atoms. The van der Waals surface area contributed by atoms with Crippen LogP contribution in [0.1, 0.15) is 13.3 Å². The maximum absolute atomic E-state index is 11.5. The average Bonchev–Trinajstić information content (AvgIpc) is 2.41. The number of nitrogens with one attached hydrogen (secondary N) is 2. The molecule has 1 aromatic heterocycles. The van der Waals surface area contributed by atoms with E-state index < -0.39 is 0 Å². The molecule has 0 atom stereocenters. The van der Waals surface area contributed by atoms with Crippen molar-refractivity contribution in [3.05, 3.63) is 6.33 Å². The maximum atomic E-state index is 11.5. The number of aromatic nitrogens is 2. The Kier molecular flexibility index (Phi) is 5.84. The first-order valence-electron chi connectivity index (χ1n) is 6.17. The molecule has 0 fully saturated rings. The Morgan fingerprint density at radius 2 is 1.95 bits per heavy atom. The molecule has 2 N–H and O–H groups in total. The Morgan fingerprint density at radius 3 is 2.47 bits per heavy atom. The van der Waals surface area contributed by atoms with Crippen molar-refractivity contribution in [3.63, 3.8) is 0 Å². The first-order valence-corrected chi connectivity index (χ1v) is 6.17. The van der Waals surface area contributed by atoms with Crippen molar-refractivity contribution >= 4 is 17.5 Å². The predicted molar refractivity (Wildman–Crippen MR) is 74.5 cm³/mol. The van der Waals surface area contributed by atoms with Gasteiger partial charge in [-0.1, -0.05) is 6.92 Å². The fourth-order valence-electron chi connectivity index (χ4n) is 1.38. The van der Waals surface area contributed by atoms with Gasteiger partial charge in [0.25, 0.3) is 0 Å². The number of carbonyl (C=O) groups excluding carboxylic acids is 1. The predicted octanol–water partition coefficient (Wildman–Crippen LogP) is 0.807. The average molecular weight is 267 g/mol. The Bertz CT molecular complexity index is 423. The zero-order valence-electron chi connectivity index (χ0n) is 11.9. The lowest BCUT2D eigenvalue weighted by Crippen LogP contribution is -2.29. The second-order valence-electron chi connectivity index (χ2n) is 4.17. The maximum Gasteiger partial charge on any atom is 0.241 e. The Balaban J connectivity index is 2.79. The lowest BCUT2D eigenvalue weighted by Gasteiger charge is -2.15. The monoisotopic (exact) mass is 267 g/mol. The van der Waals surface area contributed by atoms with Crippen molar-refractivity contribution in [2.24, 2.45) is 0 Å². The lowest BCUT2D eigenvalue weighted by molar-refractivity contribution is -0.126. The minimum atomic E-state index is -0.0382. The first-order chi connectivity index (χ1) is 9.10. The SMILES string of the molecule is CCCNc1ncnc(NCC(=O)N(C)C)c1OC. The van der Waals surface area contributed by atoms with Crippen molar-refractivity contribution in [1.82, 2.24) is 14.9 Å². The summed E-state index contributed by atoms with van der Waals surface area (Å²) in [6.45, 7) is 3.02. The number of anilines is 2. The molecule has 106 valence electrons. The highest BCUT2D eigenvalue weighted by atomic mass is 16.5. The summed E-state index contributed by atoms with van der Waals surface area (Å²) in [5, 5.41) is 6.11. The highest BCUT2D eigenvalue weighted by molar-refractivity contribution is 5.81. The second-order valence-corrected chi connectivity index (χ2v) is 4.17. The van der Waals surface area contributed by atoms with Gasteiger partial charge in [-0.05, 0) is 6.42 Å². The molecule has 7 nitrogen and oxygen atoms in total. The molecule has 0 spiro atoms. The van der Waals surface area contributed by atoms with Gasteiger partial charge in [-0.25, -0.2) is 9.97 Å². The van der Waals surface area contributed by atoms with Gasteiger partial charge in [0.15, 0.2) is 11.6 Å². The van der Waals surface area contributed by atoms with Crippen LogP contribution in [0.2, 0.25) is 0 Å². The third-order valence-electron chi connectivity index (χ3n) is 2.46. The van der Waals surface area contributed by atoms with Crippen LogP contribution in [0.15, 0.2) is 6.33 Å². The van der Waals surface area contributed by atoms with Crippen LogP contribution in [0.3, 0.4) is 0 Å². The van der Waals surface area contributed by atoms with Crippen LogP contribution >= 0.6 is 0 Å². The minimum Gasteiger partial charge on any atom is -0.490 e. The normalized spacial score (nSPS) is 9.89. The Hall–Kier alpha value is -2.05. The van der Waals surface area contributed by atoms with Crippen LogP contribution < -0.4 is 15.4 Å². The van der Waals surface area contributed by atoms with Crippen LogP contribution in [0.25, 0.3) is 0 Å². The van der Waals surface area contributed by atoms with E-state index in [1.807, 2.05) is 0 Å². The summed E-state index contributed by atoms with van der Waals surface area (Å²) in [4.78, 5) is 21.3. The Morgan fingerprint density at radius 1 is 1.32 bits per heavy atom. The van der Waals surface area contributed by atoms with E-state index in [-0.39, 0.29) is 12.5 Å². The summed E-state index contributed by atoms with van der Waals surface area (Å²) >= 11 is 0. The summed E-state index contributed by atoms with van der Waals surface area (Å²) in [7, 11) is 4.96. The number of hydrogen-bond donors (Lipinski definition) is 2. The van der Waals surface area contributed by atoms with Gasteiger partial charge in [0.1, 0.15) is 6.33 Å². The van der Waals surface area contributed by atoms with E-state index in [1.54, 1.807) is 21.2 Å². The van der Waals surface area contributed by atoms with Gasteiger partial charge in [0, 0.05) is 20.6 Å². The fraction of sp³-hybridized carbons (Fsp3) is 0.583. The van der Waals surface area contributed by atoms with Crippen molar-refractivity contribution in [2.75, 3.05) is 44.9 Å². The number of nitrogens with zero attached hydrogens (tertiary/aromatic N) is 3. The third-order valence-corrected chi connectivity index (χ3v) is 2.46. The van der Waals surface area contributed by atoms with Gasteiger partial charge in [0.05, 0.1) is 13.7 Å². The van der Waals surface area contributed by atoms with Gasteiger partial charge < -0.3 is 20.3 Å². The number of ether oxygens (including phenoxy) is 1. The van der Waals surface area contributed by atoms with Gasteiger partial charge >= 0.3 is 0 Å². The van der Waals surface area contributed by atoms with E-state index in [2.05, 4.69) is 27.5 Å². The quantitative estimate of drug-likeness (QED) is 0.761. The molecular weight excluding hydrogens is 246 g/mol. The number of hydrogen-bond acceptors (Lipinski definition) is 6. The van der Waals surface area contributed by atoms with Gasteiger partial charge in [-0.2, -0.15) is 0 Å². The van der Waals surface area contributed by atoms with E-state index in [9.17, 15) is 4.79 Å². The molecule has 1 rings (SSSR count). The molecule has 0 saturated carbocycles. The molecular formula is C12H21N5O2. The molecule has 0 unspecified atom stereocenters. The highest BCUT2D eigenvalue weighted by Crippen LogP contribution is 2.28. The molecule has 0 aliphatic rings. The minimum absolute atomic E-state index is 0.0382. The number of likely N-dealkylation sites (N-methyl/N-ethyl adjacent to an activating group) is 1. The molecule has 1 aromatic rings. The molecule has 1 heterocycles. The summed E-state index contributed by atoms with van der Waals surface area (Å²) in [6, 6.07) is 0. The van der Waals surface area contributed by atoms with Crippen molar-refractivity contribution in [1.29, 1.82) is 0 Å². The number of carbonyl (C=O) groups is 1. The van der Waals surface area contributed by atoms with Crippen LogP contribution in [-0.2, 0) is 4.79 Å². The van der Waals surface area contributed by atoms with Gasteiger partial charge in [-0.3, -0.25) is 4.79 Å². The van der Waals surface area contributed by atoms with E-state index in [1.165, 1.54) is 11.2 Å². The number of amides is 1. The van der Waals surface area contributed by atoms with E-state index >= 15 is 0 Å². The molecule has 0 aromatic carbocycles. The molecule has 0 saturated heterocycles. The van der Waals surface area contributed by atoms with Crippen molar-refractivity contribution in [3.8, 4) is 5.75 Å². The second kappa shape index (κ2) is 7.40. The molecule has 0 aliphatic carbocycles. The summed E-state index contributed by atoms with van der Waals surface area (Å²) < 4.78 is 5.29. The van der Waals surface area contributed by atoms with Gasteiger partial charge in [0.2, 0.25) is 11.7 Å². The van der Waals surface area contributed by atoms with Crippen LogP contribution in [0.5, 0.6) is 5.75 Å². The van der Waals surface area contributed by atoms with Crippen LogP contribution in [0.4, 0.5) is 11.6 Å². The Labute approximate surface area is 113 Å². The third kappa shape index (κ3) is 4.27. The zero-order chi connectivity index (χ0) is 14.3. The van der Waals surface area contributed by atoms with Crippen LogP contribution in [-0.4, -0.2) is 55.1 Å². The number of methoxy groups -OCH3 is 1. The summed E-state index contributed by atoms with van der Waals surface area (Å²) in [6.07, 6.45) is 2.41. The van der Waals surface area contributed by atoms with Crippen molar-refractivity contribution in [2.45, 2.75) is 13.3 Å². The summed E-state index contributed by atoms with van der Waals surface area (Å²) in [5.74, 6) is 1.61. The molecule has 19 heavy (non-hydrogen) atoms. The lowest BCUT2D eigenvalue weighted by atomic mass is 10.4. The smallest absolute Gasteiger partial charge is 0.241 e. The number of rotatable bonds is 7. The largest absolute Gasteiger partial charge is 0.490 e. The highest BCUT2D eigenvalue weighted by Gasteiger charge is 2.13. The van der Waals surface area contributed by atoms with E-state index in [4.69, 9.17) is 4.74 Å². The van der Waals surface area contributed by atoms with Gasteiger partial charge in [-0.15, -0.1) is 0 Å². The summed E-state index contributed by atoms with van der Waals surface area (Å²) in [5.41, 5.74) is 0. The van der Waals surface area contributed by atoms with E-state index in [0.717, 1.165) is 13.0 Å². The first kappa shape index (κ1) is 15.0. The topological polar surface area (TPSA) is 79.4 Å². The molecule has 1 amide bonds. The van der Waals surface area contributed by atoms with Crippen LogP contribution in [0, 0.1) is 0 Å². The molecule has 7 heteroatoms. The molecule has 0 aliphatic heterocycles. The standard InChI is InChI=1S/C12H21N5O2/c1-5-6-13-11-10(19-4)12(16-8-15-11)14-7-9(18)17(2)3/h8H,5-7H2,1-4H3,(H2,13,14,15,16). The zero-order valence-corrected chi connectivity index (χ0v) is 11.9. The van der Waals surface area contributed by atoms with Crippen molar-refractivity contribution < 1.29 is 9.53 Å².